The van der Waals surface area contributed by atoms with Crippen molar-refractivity contribution in [2.45, 2.75) is 38.8 Å². The van der Waals surface area contributed by atoms with E-state index in [1.165, 1.54) is 18.4 Å². The Labute approximate surface area is 136 Å². The van der Waals surface area contributed by atoms with Gasteiger partial charge in [0.05, 0.1) is 0 Å². The first kappa shape index (κ1) is 16.3. The maximum absolute atomic E-state index is 6.48. The van der Waals surface area contributed by atoms with Gasteiger partial charge in [0.1, 0.15) is 0 Å². The quantitative estimate of drug-likeness (QED) is 0.852. The van der Waals surface area contributed by atoms with E-state index in [2.05, 4.69) is 59.2 Å². The molecule has 0 spiro atoms. The van der Waals surface area contributed by atoms with Crippen molar-refractivity contribution in [3.63, 3.8) is 0 Å². The highest BCUT2D eigenvalue weighted by Gasteiger charge is 2.31. The Morgan fingerprint density at radius 3 is 2.85 bits per heavy atom. The number of nitrogens with one attached hydrogen (secondary N) is 1. The van der Waals surface area contributed by atoms with Crippen LogP contribution >= 0.6 is 27.5 Å². The molecule has 0 bridgehead atoms. The van der Waals surface area contributed by atoms with Gasteiger partial charge in [0.2, 0.25) is 0 Å². The molecule has 1 saturated heterocycles. The minimum absolute atomic E-state index is 0.413. The maximum Gasteiger partial charge on any atom is 0.0465 e. The molecule has 1 aliphatic rings. The molecule has 1 aromatic carbocycles. The van der Waals surface area contributed by atoms with Gasteiger partial charge in [0.25, 0.3) is 0 Å². The molecule has 0 aromatic heterocycles. The minimum atomic E-state index is 0.413. The zero-order valence-corrected chi connectivity index (χ0v) is 14.8. The van der Waals surface area contributed by atoms with Crippen LogP contribution in [-0.4, -0.2) is 31.1 Å². The van der Waals surface area contributed by atoms with Crippen LogP contribution in [0.25, 0.3) is 0 Å². The van der Waals surface area contributed by atoms with Gasteiger partial charge in [-0.2, -0.15) is 0 Å². The summed E-state index contributed by atoms with van der Waals surface area (Å²) in [7, 11) is 2.21. The second-order valence-electron chi connectivity index (χ2n) is 6.06. The largest absolute Gasteiger partial charge is 0.314 e. The number of benzene rings is 1. The molecule has 1 N–H and O–H groups in total. The highest BCUT2D eigenvalue weighted by molar-refractivity contribution is 9.10. The van der Waals surface area contributed by atoms with Crippen molar-refractivity contribution in [3.05, 3.63) is 33.3 Å². The summed E-state index contributed by atoms with van der Waals surface area (Å²) in [5, 5.41) is 4.46. The molecule has 1 heterocycles. The van der Waals surface area contributed by atoms with Crippen molar-refractivity contribution in [1.29, 1.82) is 0 Å². The van der Waals surface area contributed by atoms with E-state index < -0.39 is 0 Å². The number of hydrogen-bond donors (Lipinski definition) is 1. The molecule has 2 atom stereocenters. The lowest BCUT2D eigenvalue weighted by molar-refractivity contribution is 0.118. The number of hydrogen-bond acceptors (Lipinski definition) is 2. The molecule has 1 aliphatic heterocycles. The lowest BCUT2D eigenvalue weighted by atomic mass is 9.84. The summed E-state index contributed by atoms with van der Waals surface area (Å²) >= 11 is 9.97. The predicted molar refractivity (Wildman–Crippen MR) is 90.4 cm³/mol. The Morgan fingerprint density at radius 1 is 1.45 bits per heavy atom. The van der Waals surface area contributed by atoms with E-state index in [0.717, 1.165) is 22.6 Å². The molecule has 0 amide bonds. The van der Waals surface area contributed by atoms with Gasteiger partial charge in [-0.15, -0.1) is 0 Å². The zero-order valence-electron chi connectivity index (χ0n) is 12.5. The molecule has 0 radical (unpaired) electrons. The Balaban J connectivity index is 2.22. The van der Waals surface area contributed by atoms with E-state index in [1.54, 1.807) is 0 Å². The Bertz CT molecular complexity index is 450. The van der Waals surface area contributed by atoms with Crippen molar-refractivity contribution in [1.82, 2.24) is 10.2 Å². The van der Waals surface area contributed by atoms with Crippen LogP contribution in [0.1, 0.15) is 38.3 Å². The first-order valence-corrected chi connectivity index (χ1v) is 8.54. The Hall–Kier alpha value is -0.0900. The molecular formula is C16H24BrClN2. The molecule has 1 fully saturated rings. The number of piperidine rings is 1. The summed E-state index contributed by atoms with van der Waals surface area (Å²) < 4.78 is 1.04. The van der Waals surface area contributed by atoms with Crippen molar-refractivity contribution < 1.29 is 0 Å². The predicted octanol–water partition coefficient (Wildman–Crippen LogP) is 4.48. The molecule has 20 heavy (non-hydrogen) atoms. The molecule has 0 saturated carbocycles. The van der Waals surface area contributed by atoms with Crippen LogP contribution in [0, 0.1) is 5.92 Å². The summed E-state index contributed by atoms with van der Waals surface area (Å²) in [6.45, 7) is 6.61. The fourth-order valence-corrected chi connectivity index (χ4v) is 3.88. The van der Waals surface area contributed by atoms with Gasteiger partial charge in [-0.1, -0.05) is 47.4 Å². The van der Waals surface area contributed by atoms with Crippen molar-refractivity contribution in [2.24, 2.45) is 5.92 Å². The molecule has 0 aliphatic carbocycles. The molecule has 2 nitrogen and oxygen atoms in total. The van der Waals surface area contributed by atoms with Crippen LogP contribution in [0.15, 0.2) is 22.7 Å². The van der Waals surface area contributed by atoms with Crippen LogP contribution in [0.4, 0.5) is 0 Å². The average molecular weight is 360 g/mol. The topological polar surface area (TPSA) is 15.3 Å². The SMILES string of the molecule is CC(C)NCC1CCCN(C)C1c1ccc(Br)cc1Cl. The first-order valence-electron chi connectivity index (χ1n) is 7.37. The van der Waals surface area contributed by atoms with Crippen LogP contribution in [0.2, 0.25) is 5.02 Å². The summed E-state index contributed by atoms with van der Waals surface area (Å²) in [6, 6.07) is 7.21. The van der Waals surface area contributed by atoms with Gasteiger partial charge >= 0.3 is 0 Å². The second-order valence-corrected chi connectivity index (χ2v) is 7.38. The average Bonchev–Trinajstić information content (AvgIpc) is 2.37. The summed E-state index contributed by atoms with van der Waals surface area (Å²) in [6.07, 6.45) is 2.53. The van der Waals surface area contributed by atoms with Gasteiger partial charge in [-0.25, -0.2) is 0 Å². The lowest BCUT2D eigenvalue weighted by Crippen LogP contribution is -2.41. The number of rotatable bonds is 4. The van der Waals surface area contributed by atoms with Gasteiger partial charge in [0.15, 0.2) is 0 Å². The smallest absolute Gasteiger partial charge is 0.0465 e. The van der Waals surface area contributed by atoms with E-state index in [-0.39, 0.29) is 0 Å². The highest BCUT2D eigenvalue weighted by Crippen LogP contribution is 2.38. The van der Waals surface area contributed by atoms with Crippen molar-refractivity contribution >= 4 is 27.5 Å². The monoisotopic (exact) mass is 358 g/mol. The lowest BCUT2D eigenvalue weighted by Gasteiger charge is -2.40. The molecule has 2 rings (SSSR count). The maximum atomic E-state index is 6.48. The number of likely N-dealkylation sites (tertiary alicyclic amines) is 1. The fourth-order valence-electron chi connectivity index (χ4n) is 3.09. The molecular weight excluding hydrogens is 336 g/mol. The van der Waals surface area contributed by atoms with Crippen LogP contribution < -0.4 is 5.32 Å². The summed E-state index contributed by atoms with van der Waals surface area (Å²) in [5.74, 6) is 0.620. The van der Waals surface area contributed by atoms with Gasteiger partial charge < -0.3 is 5.32 Å². The van der Waals surface area contributed by atoms with Crippen molar-refractivity contribution in [3.8, 4) is 0 Å². The number of nitrogens with zero attached hydrogens (tertiary/aromatic N) is 1. The van der Waals surface area contributed by atoms with Crippen molar-refractivity contribution in [2.75, 3.05) is 20.1 Å². The van der Waals surface area contributed by atoms with Gasteiger partial charge in [0, 0.05) is 28.1 Å². The summed E-state index contributed by atoms with van der Waals surface area (Å²) in [4.78, 5) is 2.45. The first-order chi connectivity index (χ1) is 9.49. The second kappa shape index (κ2) is 7.26. The Morgan fingerprint density at radius 2 is 2.20 bits per heavy atom. The van der Waals surface area contributed by atoms with Gasteiger partial charge in [-0.05, 0) is 50.0 Å². The third-order valence-corrected chi connectivity index (χ3v) is 4.90. The minimum Gasteiger partial charge on any atom is -0.314 e. The van der Waals surface area contributed by atoms with Crippen LogP contribution in [0.5, 0.6) is 0 Å². The van der Waals surface area contributed by atoms with E-state index >= 15 is 0 Å². The van der Waals surface area contributed by atoms with E-state index in [0.29, 0.717) is 18.0 Å². The number of halogens is 2. The standard InChI is InChI=1S/C16H24BrClN2/c1-11(2)19-10-12-5-4-8-20(3)16(12)14-7-6-13(17)9-15(14)18/h6-7,9,11-12,16,19H,4-5,8,10H2,1-3H3. The molecule has 1 aromatic rings. The normalized spacial score (nSPS) is 24.3. The summed E-state index contributed by atoms with van der Waals surface area (Å²) in [5.41, 5.74) is 1.26. The molecule has 112 valence electrons. The van der Waals surface area contributed by atoms with Crippen LogP contribution in [-0.2, 0) is 0 Å². The van der Waals surface area contributed by atoms with E-state index in [4.69, 9.17) is 11.6 Å². The van der Waals surface area contributed by atoms with E-state index in [9.17, 15) is 0 Å². The molecule has 2 unspecified atom stereocenters. The third-order valence-electron chi connectivity index (χ3n) is 4.08. The van der Waals surface area contributed by atoms with E-state index in [1.807, 2.05) is 6.07 Å². The molecule has 4 heteroatoms. The highest BCUT2D eigenvalue weighted by atomic mass is 79.9. The van der Waals surface area contributed by atoms with Gasteiger partial charge in [-0.3, -0.25) is 4.90 Å². The third kappa shape index (κ3) is 3.97. The Kier molecular flexibility index (Phi) is 5.91. The zero-order chi connectivity index (χ0) is 14.7. The van der Waals surface area contributed by atoms with Crippen LogP contribution in [0.3, 0.4) is 0 Å². The fraction of sp³-hybridized carbons (Fsp3) is 0.625.